The van der Waals surface area contributed by atoms with Gasteiger partial charge in [-0.05, 0) is 25.0 Å². The summed E-state index contributed by atoms with van der Waals surface area (Å²) in [6.45, 7) is 2.03. The van der Waals surface area contributed by atoms with Gasteiger partial charge >= 0.3 is 0 Å². The van der Waals surface area contributed by atoms with E-state index in [1.54, 1.807) is 12.3 Å². The van der Waals surface area contributed by atoms with Gasteiger partial charge in [0.1, 0.15) is 5.82 Å². The Morgan fingerprint density at radius 2 is 1.94 bits per heavy atom. The Labute approximate surface area is 100 Å². The monoisotopic (exact) mass is 230 g/mol. The van der Waals surface area contributed by atoms with Crippen molar-refractivity contribution in [3.63, 3.8) is 0 Å². The summed E-state index contributed by atoms with van der Waals surface area (Å²) in [4.78, 5) is 3.72. The highest BCUT2D eigenvalue weighted by molar-refractivity contribution is 5.25. The Morgan fingerprint density at radius 3 is 2.59 bits per heavy atom. The van der Waals surface area contributed by atoms with Gasteiger partial charge in [0.05, 0.1) is 6.20 Å². The van der Waals surface area contributed by atoms with Crippen LogP contribution in [-0.2, 0) is 6.42 Å². The van der Waals surface area contributed by atoms with Crippen molar-refractivity contribution in [2.75, 3.05) is 0 Å². The van der Waals surface area contributed by atoms with Gasteiger partial charge in [-0.2, -0.15) is 0 Å². The fourth-order valence-corrected chi connectivity index (χ4v) is 1.77. The van der Waals surface area contributed by atoms with Crippen LogP contribution in [0.25, 0.3) is 0 Å². The van der Waals surface area contributed by atoms with Gasteiger partial charge in [0.2, 0.25) is 0 Å². The maximum absolute atomic E-state index is 13.5. The second-order valence-electron chi connectivity index (χ2n) is 4.19. The van der Waals surface area contributed by atoms with Crippen LogP contribution >= 0.6 is 0 Å². The number of nitrogens with two attached hydrogens (primary N) is 1. The number of rotatable bonds is 3. The highest BCUT2D eigenvalue weighted by Gasteiger charge is 2.11. The fraction of sp³-hybridized carbons (Fsp3) is 0.214. The van der Waals surface area contributed by atoms with Gasteiger partial charge in [-0.25, -0.2) is 4.39 Å². The van der Waals surface area contributed by atoms with Crippen LogP contribution in [0.5, 0.6) is 0 Å². The highest BCUT2D eigenvalue weighted by Crippen LogP contribution is 2.18. The Morgan fingerprint density at radius 1 is 1.24 bits per heavy atom. The number of benzene rings is 1. The second kappa shape index (κ2) is 5.06. The minimum Gasteiger partial charge on any atom is -0.324 e. The third kappa shape index (κ3) is 2.88. The Kier molecular flexibility index (Phi) is 3.49. The Balaban J connectivity index is 2.14. The lowest BCUT2D eigenvalue weighted by Crippen LogP contribution is -2.15. The number of hydrogen-bond acceptors (Lipinski definition) is 2. The first-order chi connectivity index (χ1) is 8.16. The van der Waals surface area contributed by atoms with Crippen LogP contribution < -0.4 is 5.73 Å². The van der Waals surface area contributed by atoms with Gasteiger partial charge in [-0.1, -0.05) is 29.8 Å². The maximum Gasteiger partial charge on any atom is 0.146 e. The molecule has 0 radical (unpaired) electrons. The second-order valence-corrected chi connectivity index (χ2v) is 4.19. The largest absolute Gasteiger partial charge is 0.324 e. The molecule has 2 nitrogen and oxygen atoms in total. The van der Waals surface area contributed by atoms with Crippen LogP contribution in [-0.4, -0.2) is 4.98 Å². The van der Waals surface area contributed by atoms with E-state index in [0.717, 1.165) is 5.56 Å². The zero-order chi connectivity index (χ0) is 12.3. The van der Waals surface area contributed by atoms with Crippen molar-refractivity contribution < 1.29 is 4.39 Å². The maximum atomic E-state index is 13.5. The standard InChI is InChI=1S/C14H15FN2/c1-10-2-4-11(5-3-10)8-14(16)12-6-7-17-9-13(12)15/h2-7,9,14H,8,16H2,1H3. The molecule has 0 aliphatic heterocycles. The van der Waals surface area contributed by atoms with Gasteiger partial charge in [-0.15, -0.1) is 0 Å². The normalized spacial score (nSPS) is 12.4. The van der Waals surface area contributed by atoms with Gasteiger partial charge in [0.15, 0.2) is 0 Å². The number of pyridine rings is 1. The number of hydrogen-bond donors (Lipinski definition) is 1. The molecule has 2 aromatic rings. The SMILES string of the molecule is Cc1ccc(CC(N)c2ccncc2F)cc1. The summed E-state index contributed by atoms with van der Waals surface area (Å²) in [6.07, 6.45) is 3.39. The van der Waals surface area contributed by atoms with Crippen LogP contribution in [0.1, 0.15) is 22.7 Å². The van der Waals surface area contributed by atoms with Crippen LogP contribution in [0.15, 0.2) is 42.7 Å². The molecule has 17 heavy (non-hydrogen) atoms. The molecule has 0 fully saturated rings. The van der Waals surface area contributed by atoms with E-state index in [4.69, 9.17) is 5.73 Å². The molecular formula is C14H15FN2. The predicted octanol–water partition coefficient (Wildman–Crippen LogP) is 2.77. The molecule has 2 rings (SSSR count). The molecule has 1 atom stereocenters. The number of aromatic nitrogens is 1. The fourth-order valence-electron chi connectivity index (χ4n) is 1.77. The summed E-state index contributed by atoms with van der Waals surface area (Å²) >= 11 is 0. The molecular weight excluding hydrogens is 215 g/mol. The molecule has 0 saturated heterocycles. The molecule has 1 unspecified atom stereocenters. The number of aryl methyl sites for hydroxylation is 1. The average Bonchev–Trinajstić information content (AvgIpc) is 2.32. The summed E-state index contributed by atoms with van der Waals surface area (Å²) in [6, 6.07) is 9.41. The summed E-state index contributed by atoms with van der Waals surface area (Å²) in [7, 11) is 0. The molecule has 0 spiro atoms. The average molecular weight is 230 g/mol. The van der Waals surface area contributed by atoms with E-state index in [-0.39, 0.29) is 11.9 Å². The van der Waals surface area contributed by atoms with E-state index >= 15 is 0 Å². The van der Waals surface area contributed by atoms with Gasteiger partial charge in [0, 0.05) is 17.8 Å². The van der Waals surface area contributed by atoms with E-state index in [2.05, 4.69) is 4.98 Å². The lowest BCUT2D eigenvalue weighted by molar-refractivity contribution is 0.574. The summed E-state index contributed by atoms with van der Waals surface area (Å²) < 4.78 is 13.5. The number of halogens is 1. The molecule has 1 aromatic heterocycles. The first-order valence-corrected chi connectivity index (χ1v) is 5.57. The smallest absolute Gasteiger partial charge is 0.146 e. The first-order valence-electron chi connectivity index (χ1n) is 5.57. The lowest BCUT2D eigenvalue weighted by atomic mass is 9.99. The van der Waals surface area contributed by atoms with Gasteiger partial charge in [0.25, 0.3) is 0 Å². The van der Waals surface area contributed by atoms with Gasteiger partial charge < -0.3 is 5.73 Å². The molecule has 1 heterocycles. The summed E-state index contributed by atoms with van der Waals surface area (Å²) in [5.74, 6) is -0.341. The van der Waals surface area contributed by atoms with E-state index < -0.39 is 0 Å². The quantitative estimate of drug-likeness (QED) is 0.880. The molecule has 3 heteroatoms. The summed E-state index contributed by atoms with van der Waals surface area (Å²) in [5, 5.41) is 0. The van der Waals surface area contributed by atoms with Crippen LogP contribution in [0.3, 0.4) is 0 Å². The number of nitrogens with zero attached hydrogens (tertiary/aromatic N) is 1. The van der Waals surface area contributed by atoms with Crippen molar-refractivity contribution in [3.05, 3.63) is 65.2 Å². The molecule has 0 amide bonds. The van der Waals surface area contributed by atoms with Crippen molar-refractivity contribution >= 4 is 0 Å². The van der Waals surface area contributed by atoms with E-state index in [1.165, 1.54) is 11.8 Å². The van der Waals surface area contributed by atoms with Crippen LogP contribution in [0.2, 0.25) is 0 Å². The molecule has 0 aliphatic carbocycles. The van der Waals surface area contributed by atoms with Crippen molar-refractivity contribution in [1.29, 1.82) is 0 Å². The topological polar surface area (TPSA) is 38.9 Å². The molecule has 0 bridgehead atoms. The van der Waals surface area contributed by atoms with Crippen molar-refractivity contribution in [2.45, 2.75) is 19.4 Å². The van der Waals surface area contributed by atoms with E-state index in [1.807, 2.05) is 31.2 Å². The predicted molar refractivity (Wildman–Crippen MR) is 66.0 cm³/mol. The van der Waals surface area contributed by atoms with Crippen molar-refractivity contribution in [3.8, 4) is 0 Å². The third-order valence-electron chi connectivity index (χ3n) is 2.78. The van der Waals surface area contributed by atoms with Crippen LogP contribution in [0.4, 0.5) is 4.39 Å². The van der Waals surface area contributed by atoms with Crippen LogP contribution in [0, 0.1) is 12.7 Å². The zero-order valence-corrected chi connectivity index (χ0v) is 9.73. The molecule has 0 saturated carbocycles. The van der Waals surface area contributed by atoms with Gasteiger partial charge in [-0.3, -0.25) is 4.98 Å². The third-order valence-corrected chi connectivity index (χ3v) is 2.78. The van der Waals surface area contributed by atoms with Crippen molar-refractivity contribution in [1.82, 2.24) is 4.98 Å². The minimum absolute atomic E-state index is 0.333. The molecule has 2 N–H and O–H groups in total. The molecule has 1 aromatic carbocycles. The zero-order valence-electron chi connectivity index (χ0n) is 9.73. The Hall–Kier alpha value is -1.74. The van der Waals surface area contributed by atoms with E-state index in [9.17, 15) is 4.39 Å². The molecule has 0 aliphatic rings. The minimum atomic E-state index is -0.341. The first kappa shape index (κ1) is 11.7. The molecule has 88 valence electrons. The summed E-state index contributed by atoms with van der Waals surface area (Å²) in [5.41, 5.74) is 8.83. The van der Waals surface area contributed by atoms with E-state index in [0.29, 0.717) is 12.0 Å². The Bertz CT molecular complexity index is 494. The lowest BCUT2D eigenvalue weighted by Gasteiger charge is -2.12. The van der Waals surface area contributed by atoms with Crippen molar-refractivity contribution in [2.24, 2.45) is 5.73 Å². The highest BCUT2D eigenvalue weighted by atomic mass is 19.1.